The molecule has 1 heterocycles. The minimum absolute atomic E-state index is 0.285. The highest BCUT2D eigenvalue weighted by molar-refractivity contribution is 7.92. The summed E-state index contributed by atoms with van der Waals surface area (Å²) in [6, 6.07) is 5.22. The lowest BCUT2D eigenvalue weighted by Crippen LogP contribution is -2.50. The van der Waals surface area contributed by atoms with Crippen molar-refractivity contribution in [1.29, 1.82) is 0 Å². The molecular weight excluding hydrogens is 345 g/mol. The quantitative estimate of drug-likeness (QED) is 0.752. The van der Waals surface area contributed by atoms with Crippen molar-refractivity contribution >= 4 is 15.8 Å². The van der Waals surface area contributed by atoms with Crippen LogP contribution in [0, 0.1) is 0 Å². The second-order valence-electron chi connectivity index (χ2n) is 5.55. The van der Waals surface area contributed by atoms with Crippen molar-refractivity contribution in [3.05, 3.63) is 41.6 Å². The van der Waals surface area contributed by atoms with Gasteiger partial charge in [0.2, 0.25) is 0 Å². The van der Waals surface area contributed by atoms with E-state index in [0.29, 0.717) is 6.20 Å². The zero-order chi connectivity index (χ0) is 18.3. The number of aliphatic imine (C=N–C) groups is 1. The Morgan fingerprint density at radius 3 is 2.38 bits per heavy atom. The maximum Gasteiger partial charge on any atom is 0.418 e. The number of sulfone groups is 1. The summed E-state index contributed by atoms with van der Waals surface area (Å²) in [5.41, 5.74) is 7.42. The fraction of sp³-hybridized carbons (Fsp3) is 0.357. The van der Waals surface area contributed by atoms with Crippen LogP contribution in [0.15, 0.2) is 45.9 Å². The van der Waals surface area contributed by atoms with Crippen molar-refractivity contribution in [2.45, 2.75) is 35.8 Å². The van der Waals surface area contributed by atoms with Gasteiger partial charge in [-0.15, -0.1) is 0 Å². The zero-order valence-electron chi connectivity index (χ0n) is 12.9. The third-order valence-electron chi connectivity index (χ3n) is 3.60. The standard InChI is InChI=1S/C14H17F3N4O2S/c1-8(2)24(22,23)10-6-4-3-5-9(10)13(19)11(14(15,16)17)7-20-12(18)21-13/h3-8H,19H2,1-2H3,(H3,18,20,21). The van der Waals surface area contributed by atoms with E-state index in [1.807, 2.05) is 0 Å². The molecule has 132 valence electrons. The molecule has 10 heteroatoms. The van der Waals surface area contributed by atoms with E-state index in [0.717, 1.165) is 0 Å². The maximum absolute atomic E-state index is 13.4. The van der Waals surface area contributed by atoms with E-state index in [1.165, 1.54) is 38.1 Å². The zero-order valence-corrected chi connectivity index (χ0v) is 13.7. The Bertz CT molecular complexity index is 816. The van der Waals surface area contributed by atoms with Crippen LogP contribution >= 0.6 is 0 Å². The molecule has 24 heavy (non-hydrogen) atoms. The molecule has 5 N–H and O–H groups in total. The van der Waals surface area contributed by atoms with Crippen LogP contribution in [0.4, 0.5) is 13.2 Å². The van der Waals surface area contributed by atoms with Gasteiger partial charge < -0.3 is 11.1 Å². The summed E-state index contributed by atoms with van der Waals surface area (Å²) in [6.45, 7) is 2.85. The Balaban J connectivity index is 2.79. The first kappa shape index (κ1) is 18.3. The number of nitrogens with zero attached hydrogens (tertiary/aromatic N) is 1. The van der Waals surface area contributed by atoms with Crippen LogP contribution in [0.3, 0.4) is 0 Å². The van der Waals surface area contributed by atoms with Gasteiger partial charge in [0, 0.05) is 11.8 Å². The van der Waals surface area contributed by atoms with E-state index in [1.54, 1.807) is 0 Å². The molecule has 0 radical (unpaired) electrons. The van der Waals surface area contributed by atoms with Gasteiger partial charge in [-0.3, -0.25) is 5.73 Å². The molecule has 0 saturated heterocycles. The topological polar surface area (TPSA) is 111 Å². The molecule has 0 fully saturated rings. The smallest absolute Gasteiger partial charge is 0.370 e. The lowest BCUT2D eigenvalue weighted by Gasteiger charge is -2.34. The van der Waals surface area contributed by atoms with Crippen LogP contribution in [0.1, 0.15) is 19.4 Å². The summed E-state index contributed by atoms with van der Waals surface area (Å²) in [7, 11) is -3.89. The summed E-state index contributed by atoms with van der Waals surface area (Å²) in [6.07, 6.45) is -4.23. The molecule has 0 spiro atoms. The van der Waals surface area contributed by atoms with Gasteiger partial charge >= 0.3 is 6.18 Å². The number of benzene rings is 1. The van der Waals surface area contributed by atoms with Crippen LogP contribution in [0.2, 0.25) is 0 Å². The first-order valence-electron chi connectivity index (χ1n) is 6.92. The second-order valence-corrected chi connectivity index (χ2v) is 8.03. The Labute approximate surface area is 137 Å². The predicted octanol–water partition coefficient (Wildman–Crippen LogP) is 1.34. The van der Waals surface area contributed by atoms with E-state index in [-0.39, 0.29) is 16.4 Å². The molecule has 1 aliphatic heterocycles. The first-order valence-corrected chi connectivity index (χ1v) is 8.47. The largest absolute Gasteiger partial charge is 0.418 e. The highest BCUT2D eigenvalue weighted by Gasteiger charge is 2.50. The van der Waals surface area contributed by atoms with Crippen molar-refractivity contribution < 1.29 is 21.6 Å². The molecule has 0 bridgehead atoms. The maximum atomic E-state index is 13.4. The average Bonchev–Trinajstić information content (AvgIpc) is 2.45. The van der Waals surface area contributed by atoms with E-state index in [4.69, 9.17) is 11.5 Å². The lowest BCUT2D eigenvalue weighted by atomic mass is 9.91. The molecule has 0 aromatic heterocycles. The van der Waals surface area contributed by atoms with Gasteiger partial charge in [-0.1, -0.05) is 18.2 Å². The Kier molecular flexibility index (Phi) is 4.40. The van der Waals surface area contributed by atoms with Crippen LogP contribution in [0.25, 0.3) is 0 Å². The number of hydrogen-bond acceptors (Lipinski definition) is 6. The van der Waals surface area contributed by atoms with Gasteiger partial charge in [0.15, 0.2) is 21.5 Å². The summed E-state index contributed by atoms with van der Waals surface area (Å²) >= 11 is 0. The minimum Gasteiger partial charge on any atom is -0.370 e. The highest BCUT2D eigenvalue weighted by Crippen LogP contribution is 2.42. The molecule has 0 saturated carbocycles. The fourth-order valence-corrected chi connectivity index (χ4v) is 3.63. The van der Waals surface area contributed by atoms with Crippen molar-refractivity contribution in [2.75, 3.05) is 0 Å². The number of alkyl halides is 3. The van der Waals surface area contributed by atoms with Crippen LogP contribution < -0.4 is 16.8 Å². The molecule has 2 rings (SSSR count). The Hall–Kier alpha value is -2.07. The number of halogens is 3. The molecule has 1 aromatic carbocycles. The van der Waals surface area contributed by atoms with Gasteiger partial charge in [0.1, 0.15) is 0 Å². The second kappa shape index (κ2) is 5.78. The fourth-order valence-electron chi connectivity index (χ4n) is 2.33. The van der Waals surface area contributed by atoms with Gasteiger partial charge in [0.05, 0.1) is 15.7 Å². The SMILES string of the molecule is CC(C)S(=O)(=O)c1ccccc1C1(N)N=C(N)NC=C1C(F)(F)F. The third kappa shape index (κ3) is 2.98. The van der Waals surface area contributed by atoms with E-state index >= 15 is 0 Å². The van der Waals surface area contributed by atoms with Crippen molar-refractivity contribution in [2.24, 2.45) is 16.5 Å². The molecule has 1 atom stereocenters. The molecule has 0 amide bonds. The number of nitrogens with one attached hydrogen (secondary N) is 1. The van der Waals surface area contributed by atoms with Crippen LogP contribution in [-0.4, -0.2) is 25.8 Å². The van der Waals surface area contributed by atoms with Crippen molar-refractivity contribution in [1.82, 2.24) is 5.32 Å². The van der Waals surface area contributed by atoms with E-state index in [2.05, 4.69) is 10.3 Å². The van der Waals surface area contributed by atoms with Crippen LogP contribution in [0.5, 0.6) is 0 Å². The normalized spacial score (nSPS) is 22.0. The van der Waals surface area contributed by atoms with E-state index < -0.39 is 32.5 Å². The first-order chi connectivity index (χ1) is 10.9. The molecule has 1 aromatic rings. The summed E-state index contributed by atoms with van der Waals surface area (Å²) < 4.78 is 65.2. The van der Waals surface area contributed by atoms with Crippen molar-refractivity contribution in [3.8, 4) is 0 Å². The number of hydrogen-bond donors (Lipinski definition) is 3. The van der Waals surface area contributed by atoms with Gasteiger partial charge in [-0.05, 0) is 19.9 Å². The highest BCUT2D eigenvalue weighted by atomic mass is 32.2. The van der Waals surface area contributed by atoms with Gasteiger partial charge in [-0.2, -0.15) is 13.2 Å². The third-order valence-corrected chi connectivity index (χ3v) is 5.81. The number of nitrogens with two attached hydrogens (primary N) is 2. The molecule has 1 aliphatic rings. The van der Waals surface area contributed by atoms with Gasteiger partial charge in [0.25, 0.3) is 0 Å². The monoisotopic (exact) mass is 362 g/mol. The summed E-state index contributed by atoms with van der Waals surface area (Å²) in [5.74, 6) is -0.345. The van der Waals surface area contributed by atoms with Crippen molar-refractivity contribution in [3.63, 3.8) is 0 Å². The molecule has 1 unspecified atom stereocenters. The Morgan fingerprint density at radius 2 is 1.83 bits per heavy atom. The number of rotatable bonds is 3. The lowest BCUT2D eigenvalue weighted by molar-refractivity contribution is -0.102. The van der Waals surface area contributed by atoms with Crippen LogP contribution in [-0.2, 0) is 15.5 Å². The number of guanidine groups is 1. The minimum atomic E-state index is -4.83. The molecular formula is C14H17F3N4O2S. The Morgan fingerprint density at radius 1 is 1.25 bits per heavy atom. The molecule has 0 aliphatic carbocycles. The molecule has 6 nitrogen and oxygen atoms in total. The van der Waals surface area contributed by atoms with Gasteiger partial charge in [-0.25, -0.2) is 13.4 Å². The predicted molar refractivity (Wildman–Crippen MR) is 83.5 cm³/mol. The summed E-state index contributed by atoms with van der Waals surface area (Å²) in [4.78, 5) is 3.37. The van der Waals surface area contributed by atoms with E-state index in [9.17, 15) is 21.6 Å². The average molecular weight is 362 g/mol. The summed E-state index contributed by atoms with van der Waals surface area (Å²) in [5, 5.41) is 1.32.